The average Bonchev–Trinajstić information content (AvgIpc) is 2.93. The van der Waals surface area contributed by atoms with Gasteiger partial charge >= 0.3 is 0 Å². The molecule has 0 fully saturated rings. The molecule has 0 aliphatic carbocycles. The number of H-pyrrole nitrogens is 1. The Labute approximate surface area is 132 Å². The summed E-state index contributed by atoms with van der Waals surface area (Å²) in [6, 6.07) is 8.07. The first-order valence-electron chi connectivity index (χ1n) is 6.77. The molecule has 112 valence electrons. The number of benzene rings is 1. The Bertz CT molecular complexity index is 592. The molecule has 0 saturated carbocycles. The van der Waals surface area contributed by atoms with Gasteiger partial charge in [0.25, 0.3) is 0 Å². The van der Waals surface area contributed by atoms with E-state index >= 15 is 0 Å². The zero-order valence-corrected chi connectivity index (χ0v) is 13.8. The molecule has 1 amide bonds. The summed E-state index contributed by atoms with van der Waals surface area (Å²) in [5.41, 5.74) is 2.09. The third-order valence-corrected chi connectivity index (χ3v) is 3.62. The second-order valence-corrected chi connectivity index (χ2v) is 5.88. The summed E-state index contributed by atoms with van der Waals surface area (Å²) in [6.45, 7) is 1.27. The Morgan fingerprint density at radius 2 is 2.05 bits per heavy atom. The molecule has 2 aromatic rings. The van der Waals surface area contributed by atoms with Gasteiger partial charge < -0.3 is 15.2 Å². The van der Waals surface area contributed by atoms with Gasteiger partial charge in [0.05, 0.1) is 18.4 Å². The predicted molar refractivity (Wildman–Crippen MR) is 86.7 cm³/mol. The van der Waals surface area contributed by atoms with Crippen LogP contribution in [-0.4, -0.2) is 41.4 Å². The molecular weight excluding hydrogens is 332 g/mol. The van der Waals surface area contributed by atoms with E-state index in [-0.39, 0.29) is 5.91 Å². The maximum absolute atomic E-state index is 11.4. The highest BCUT2D eigenvalue weighted by atomic mass is 79.9. The number of rotatable bonds is 6. The molecule has 1 aromatic carbocycles. The fraction of sp³-hybridized carbons (Fsp3) is 0.333. The van der Waals surface area contributed by atoms with E-state index in [1.54, 1.807) is 19.0 Å². The summed E-state index contributed by atoms with van der Waals surface area (Å²) in [6.07, 6.45) is 2.32. The van der Waals surface area contributed by atoms with Gasteiger partial charge in [0.15, 0.2) is 0 Å². The molecule has 1 aromatic heterocycles. The number of halogens is 1. The van der Waals surface area contributed by atoms with Crippen LogP contribution in [0.1, 0.15) is 12.2 Å². The number of hydrogen-bond acceptors (Lipinski definition) is 3. The van der Waals surface area contributed by atoms with Gasteiger partial charge in [-0.3, -0.25) is 4.79 Å². The van der Waals surface area contributed by atoms with Gasteiger partial charge in [0.1, 0.15) is 5.82 Å². The fourth-order valence-electron chi connectivity index (χ4n) is 1.85. The van der Waals surface area contributed by atoms with E-state index in [0.29, 0.717) is 19.5 Å². The van der Waals surface area contributed by atoms with Gasteiger partial charge in [-0.2, -0.15) is 0 Å². The van der Waals surface area contributed by atoms with Gasteiger partial charge in [-0.1, -0.05) is 28.1 Å². The summed E-state index contributed by atoms with van der Waals surface area (Å²) in [5, 5.41) is 3.21. The lowest BCUT2D eigenvalue weighted by atomic mass is 10.2. The number of carbonyl (C=O) groups is 1. The van der Waals surface area contributed by atoms with Crippen molar-refractivity contribution in [2.45, 2.75) is 13.0 Å². The first-order valence-corrected chi connectivity index (χ1v) is 7.56. The van der Waals surface area contributed by atoms with Gasteiger partial charge in [-0.15, -0.1) is 0 Å². The molecule has 0 atom stereocenters. The molecule has 0 aliphatic rings. The van der Waals surface area contributed by atoms with Crippen LogP contribution < -0.4 is 5.32 Å². The molecule has 21 heavy (non-hydrogen) atoms. The molecule has 0 unspecified atom stereocenters. The fourth-order valence-corrected chi connectivity index (χ4v) is 2.12. The zero-order chi connectivity index (χ0) is 15.2. The van der Waals surface area contributed by atoms with E-state index < -0.39 is 0 Å². The maximum atomic E-state index is 11.4. The lowest BCUT2D eigenvalue weighted by molar-refractivity contribution is -0.128. The Hall–Kier alpha value is -1.66. The number of amides is 1. The molecule has 0 spiro atoms. The van der Waals surface area contributed by atoms with Gasteiger partial charge in [0, 0.05) is 31.5 Å². The molecule has 0 radical (unpaired) electrons. The van der Waals surface area contributed by atoms with Crippen molar-refractivity contribution < 1.29 is 4.79 Å². The van der Waals surface area contributed by atoms with Crippen LogP contribution in [0.25, 0.3) is 11.3 Å². The van der Waals surface area contributed by atoms with E-state index in [4.69, 9.17) is 0 Å². The molecule has 5 nitrogen and oxygen atoms in total. The Morgan fingerprint density at radius 1 is 1.33 bits per heavy atom. The van der Waals surface area contributed by atoms with Gasteiger partial charge in [-0.05, 0) is 17.7 Å². The Morgan fingerprint density at radius 3 is 2.71 bits per heavy atom. The molecular formula is C15H19BrN4O. The number of hydrogen-bond donors (Lipinski definition) is 2. The minimum absolute atomic E-state index is 0.123. The molecule has 2 rings (SSSR count). The average molecular weight is 351 g/mol. The Balaban J connectivity index is 1.83. The van der Waals surface area contributed by atoms with Crippen LogP contribution in [-0.2, 0) is 11.3 Å². The molecule has 0 saturated heterocycles. The largest absolute Gasteiger partial charge is 0.349 e. The summed E-state index contributed by atoms with van der Waals surface area (Å²) in [4.78, 5) is 20.6. The molecule has 6 heteroatoms. The molecule has 2 N–H and O–H groups in total. The van der Waals surface area contributed by atoms with Crippen molar-refractivity contribution >= 4 is 21.8 Å². The first kappa shape index (κ1) is 15.7. The van der Waals surface area contributed by atoms with Crippen molar-refractivity contribution in [2.24, 2.45) is 0 Å². The highest BCUT2D eigenvalue weighted by Crippen LogP contribution is 2.19. The van der Waals surface area contributed by atoms with Gasteiger partial charge in [-0.25, -0.2) is 4.98 Å². The van der Waals surface area contributed by atoms with Crippen molar-refractivity contribution in [3.8, 4) is 11.3 Å². The minimum Gasteiger partial charge on any atom is -0.349 e. The smallest absolute Gasteiger partial charge is 0.223 e. The standard InChI is InChI=1S/C15H19BrN4O/c1-20(2)15(21)7-8-17-10-14-18-9-13(19-14)11-3-5-12(16)6-4-11/h3-6,9,17H,7-8,10H2,1-2H3,(H,18,19). The van der Waals surface area contributed by atoms with Crippen LogP contribution in [0, 0.1) is 0 Å². The summed E-state index contributed by atoms with van der Waals surface area (Å²) in [7, 11) is 3.53. The van der Waals surface area contributed by atoms with E-state index in [1.165, 1.54) is 0 Å². The lowest BCUT2D eigenvalue weighted by Crippen LogP contribution is -2.26. The monoisotopic (exact) mass is 350 g/mol. The third-order valence-electron chi connectivity index (χ3n) is 3.09. The number of aromatic nitrogens is 2. The predicted octanol–water partition coefficient (Wildman–Crippen LogP) is 2.41. The van der Waals surface area contributed by atoms with Crippen molar-refractivity contribution in [3.63, 3.8) is 0 Å². The maximum Gasteiger partial charge on any atom is 0.223 e. The van der Waals surface area contributed by atoms with Crippen LogP contribution in [0.15, 0.2) is 34.9 Å². The first-order chi connectivity index (χ1) is 10.1. The normalized spacial score (nSPS) is 10.6. The lowest BCUT2D eigenvalue weighted by Gasteiger charge is -2.09. The van der Waals surface area contributed by atoms with Crippen LogP contribution in [0.3, 0.4) is 0 Å². The number of nitrogens with zero attached hydrogens (tertiary/aromatic N) is 2. The second kappa shape index (κ2) is 7.38. The Kier molecular flexibility index (Phi) is 5.52. The second-order valence-electron chi connectivity index (χ2n) is 4.97. The SMILES string of the molecule is CN(C)C(=O)CCNCc1ncc(-c2ccc(Br)cc2)[nH]1. The van der Waals surface area contributed by atoms with Crippen LogP contribution >= 0.6 is 15.9 Å². The number of imidazole rings is 1. The zero-order valence-electron chi connectivity index (χ0n) is 12.2. The van der Waals surface area contributed by atoms with Crippen LogP contribution in [0.2, 0.25) is 0 Å². The summed E-state index contributed by atoms with van der Waals surface area (Å²) in [5.74, 6) is 0.989. The molecule has 0 bridgehead atoms. The van der Waals surface area contributed by atoms with Crippen LogP contribution in [0.4, 0.5) is 0 Å². The summed E-state index contributed by atoms with van der Waals surface area (Å²) >= 11 is 3.42. The van der Waals surface area contributed by atoms with E-state index in [2.05, 4.69) is 31.2 Å². The highest BCUT2D eigenvalue weighted by Gasteiger charge is 2.05. The van der Waals surface area contributed by atoms with E-state index in [9.17, 15) is 4.79 Å². The van der Waals surface area contributed by atoms with E-state index in [1.807, 2.05) is 30.5 Å². The van der Waals surface area contributed by atoms with Crippen molar-refractivity contribution in [1.29, 1.82) is 0 Å². The number of nitrogens with one attached hydrogen (secondary N) is 2. The minimum atomic E-state index is 0.123. The number of carbonyl (C=O) groups excluding carboxylic acids is 1. The van der Waals surface area contributed by atoms with Crippen molar-refractivity contribution in [3.05, 3.63) is 40.8 Å². The van der Waals surface area contributed by atoms with Crippen molar-refractivity contribution in [2.75, 3.05) is 20.6 Å². The molecule has 0 aliphatic heterocycles. The number of aromatic amines is 1. The van der Waals surface area contributed by atoms with Crippen LogP contribution in [0.5, 0.6) is 0 Å². The van der Waals surface area contributed by atoms with Crippen molar-refractivity contribution in [1.82, 2.24) is 20.2 Å². The molecule has 1 heterocycles. The third kappa shape index (κ3) is 4.68. The quantitative estimate of drug-likeness (QED) is 0.786. The summed E-state index contributed by atoms with van der Waals surface area (Å²) < 4.78 is 1.05. The topological polar surface area (TPSA) is 61.0 Å². The van der Waals surface area contributed by atoms with E-state index in [0.717, 1.165) is 21.6 Å². The van der Waals surface area contributed by atoms with Gasteiger partial charge in [0.2, 0.25) is 5.91 Å². The highest BCUT2D eigenvalue weighted by molar-refractivity contribution is 9.10.